The van der Waals surface area contributed by atoms with Crippen LogP contribution in [-0.4, -0.2) is 22.6 Å². The number of halogens is 1. The molecule has 0 aromatic carbocycles. The lowest BCUT2D eigenvalue weighted by Gasteiger charge is -2.57. The maximum Gasteiger partial charge on any atom is 0.197 e. The first-order valence-electron chi connectivity index (χ1n) is 9.88. The van der Waals surface area contributed by atoms with Crippen molar-refractivity contribution in [3.63, 3.8) is 0 Å². The Morgan fingerprint density at radius 2 is 1.88 bits per heavy atom. The third kappa shape index (κ3) is 2.30. The van der Waals surface area contributed by atoms with Gasteiger partial charge in [-0.15, -0.1) is 11.6 Å². The Morgan fingerprint density at radius 1 is 1.12 bits per heavy atom. The zero-order chi connectivity index (χ0) is 18.0. The number of carbonyl (C=O) groups is 2. The summed E-state index contributed by atoms with van der Waals surface area (Å²) in [7, 11) is 0. The number of aliphatic hydroxyl groups excluding tert-OH is 1. The maximum absolute atomic E-state index is 12.8. The molecular formula is C21H29ClO3. The van der Waals surface area contributed by atoms with Crippen LogP contribution in [0.5, 0.6) is 0 Å². The van der Waals surface area contributed by atoms with Crippen molar-refractivity contribution in [3.8, 4) is 0 Å². The highest BCUT2D eigenvalue weighted by molar-refractivity contribution is 6.17. The Labute approximate surface area is 155 Å². The van der Waals surface area contributed by atoms with Crippen molar-refractivity contribution < 1.29 is 14.7 Å². The molecule has 0 amide bonds. The van der Waals surface area contributed by atoms with E-state index >= 15 is 0 Å². The lowest BCUT2D eigenvalue weighted by Crippen LogP contribution is -2.52. The fourth-order valence-electron chi connectivity index (χ4n) is 7.15. The van der Waals surface area contributed by atoms with Gasteiger partial charge in [0.1, 0.15) is 5.78 Å². The summed E-state index contributed by atoms with van der Waals surface area (Å²) in [6, 6.07) is 0. The summed E-state index contributed by atoms with van der Waals surface area (Å²) in [5.74, 6) is 2.88. The predicted octanol–water partition coefficient (Wildman–Crippen LogP) is 4.83. The van der Waals surface area contributed by atoms with E-state index in [0.29, 0.717) is 48.2 Å². The molecule has 0 unspecified atom stereocenters. The summed E-state index contributed by atoms with van der Waals surface area (Å²) in [6.45, 7) is 4.46. The molecule has 0 bridgehead atoms. The molecule has 0 saturated heterocycles. The third-order valence-electron chi connectivity index (χ3n) is 8.42. The summed E-state index contributed by atoms with van der Waals surface area (Å²) in [4.78, 5) is 24.8. The zero-order valence-corrected chi connectivity index (χ0v) is 16.1. The van der Waals surface area contributed by atoms with Crippen molar-refractivity contribution in [1.29, 1.82) is 0 Å². The molecular weight excluding hydrogens is 336 g/mol. The highest BCUT2D eigenvalue weighted by Gasteiger charge is 2.62. The summed E-state index contributed by atoms with van der Waals surface area (Å²) in [5.41, 5.74) is 0.758. The van der Waals surface area contributed by atoms with Crippen LogP contribution in [0.1, 0.15) is 65.2 Å². The van der Waals surface area contributed by atoms with E-state index in [9.17, 15) is 14.7 Å². The Bertz CT molecular complexity index is 654. The van der Waals surface area contributed by atoms with E-state index in [1.807, 2.05) is 0 Å². The molecule has 138 valence electrons. The van der Waals surface area contributed by atoms with E-state index in [2.05, 4.69) is 13.8 Å². The summed E-state index contributed by atoms with van der Waals surface area (Å²) in [6.07, 6.45) is 6.74. The first-order chi connectivity index (χ1) is 11.8. The van der Waals surface area contributed by atoms with Gasteiger partial charge in [-0.05, 0) is 73.2 Å². The van der Waals surface area contributed by atoms with Gasteiger partial charge in [-0.1, -0.05) is 13.8 Å². The quantitative estimate of drug-likeness (QED) is 0.714. The summed E-state index contributed by atoms with van der Waals surface area (Å²) in [5, 5.41) is 10.4. The van der Waals surface area contributed by atoms with Crippen LogP contribution in [0.25, 0.3) is 0 Å². The van der Waals surface area contributed by atoms with Crippen LogP contribution in [0.4, 0.5) is 0 Å². The van der Waals surface area contributed by atoms with Gasteiger partial charge < -0.3 is 5.11 Å². The number of hydrogen-bond donors (Lipinski definition) is 1. The monoisotopic (exact) mass is 364 g/mol. The topological polar surface area (TPSA) is 54.4 Å². The van der Waals surface area contributed by atoms with Gasteiger partial charge in [-0.25, -0.2) is 0 Å². The second kappa shape index (κ2) is 5.84. The SMILES string of the molecule is C[C@]12CCC(=O)C(O)=C1CC[C@H]1[C@@H]3[C@@H](CCCl)CC(=O)[C@@]3(C)CC[C@@H]12. The van der Waals surface area contributed by atoms with Crippen molar-refractivity contribution in [2.45, 2.75) is 65.2 Å². The van der Waals surface area contributed by atoms with Gasteiger partial charge in [0.15, 0.2) is 11.5 Å². The molecule has 4 aliphatic carbocycles. The molecule has 0 aromatic heterocycles. The largest absolute Gasteiger partial charge is 0.504 e. The van der Waals surface area contributed by atoms with Crippen LogP contribution in [-0.2, 0) is 9.59 Å². The molecule has 25 heavy (non-hydrogen) atoms. The molecule has 4 aliphatic rings. The molecule has 0 aromatic rings. The molecule has 3 saturated carbocycles. The van der Waals surface area contributed by atoms with Gasteiger partial charge in [0.25, 0.3) is 0 Å². The fraction of sp³-hybridized carbons (Fsp3) is 0.810. The minimum absolute atomic E-state index is 0.0559. The van der Waals surface area contributed by atoms with Crippen LogP contribution in [0, 0.1) is 34.5 Å². The molecule has 0 heterocycles. The summed E-state index contributed by atoms with van der Waals surface area (Å²) >= 11 is 6.06. The standard InChI is InChI=1S/C21H29ClO3/c1-20-9-6-16(23)19(25)15(20)4-3-13-14(20)5-8-21(2)17(24)11-12(7-10-22)18(13)21/h12-14,18,25H,3-11H2,1-2H3/t12-,13+,14-,18-,20+,21+/m0/s1. The average molecular weight is 365 g/mol. The Kier molecular flexibility index (Phi) is 4.10. The van der Waals surface area contributed by atoms with Crippen molar-refractivity contribution in [2.75, 3.05) is 5.88 Å². The van der Waals surface area contributed by atoms with E-state index in [1.54, 1.807) is 0 Å². The van der Waals surface area contributed by atoms with Crippen LogP contribution >= 0.6 is 11.6 Å². The number of aliphatic hydroxyl groups is 1. The fourth-order valence-corrected chi connectivity index (χ4v) is 7.43. The van der Waals surface area contributed by atoms with Gasteiger partial charge in [0.05, 0.1) is 0 Å². The first kappa shape index (κ1) is 17.6. The number of carbonyl (C=O) groups excluding carboxylic acids is 2. The van der Waals surface area contributed by atoms with E-state index in [-0.39, 0.29) is 22.4 Å². The lowest BCUT2D eigenvalue weighted by atomic mass is 9.46. The minimum Gasteiger partial charge on any atom is -0.504 e. The minimum atomic E-state index is -0.179. The van der Waals surface area contributed by atoms with Gasteiger partial charge >= 0.3 is 0 Å². The lowest BCUT2D eigenvalue weighted by molar-refractivity contribution is -0.133. The van der Waals surface area contributed by atoms with Gasteiger partial charge in [-0.3, -0.25) is 9.59 Å². The molecule has 1 N–H and O–H groups in total. The second-order valence-electron chi connectivity index (χ2n) is 9.32. The molecule has 0 aliphatic heterocycles. The highest BCUT2D eigenvalue weighted by atomic mass is 35.5. The number of rotatable bonds is 2. The normalized spacial score (nSPS) is 46.7. The maximum atomic E-state index is 12.8. The molecule has 0 radical (unpaired) electrons. The van der Waals surface area contributed by atoms with Crippen LogP contribution in [0.3, 0.4) is 0 Å². The van der Waals surface area contributed by atoms with E-state index in [1.165, 1.54) is 0 Å². The van der Waals surface area contributed by atoms with E-state index < -0.39 is 0 Å². The molecule has 4 heteroatoms. The van der Waals surface area contributed by atoms with Gasteiger partial charge in [-0.2, -0.15) is 0 Å². The van der Waals surface area contributed by atoms with Crippen molar-refractivity contribution in [1.82, 2.24) is 0 Å². The molecule has 0 spiro atoms. The number of fused-ring (bicyclic) bond motifs is 5. The molecule has 6 atom stereocenters. The predicted molar refractivity (Wildman–Crippen MR) is 97.5 cm³/mol. The van der Waals surface area contributed by atoms with Crippen molar-refractivity contribution >= 4 is 23.2 Å². The average Bonchev–Trinajstić information content (AvgIpc) is 2.83. The van der Waals surface area contributed by atoms with E-state index in [4.69, 9.17) is 11.6 Å². The Hall–Kier alpha value is -0.830. The van der Waals surface area contributed by atoms with Crippen LogP contribution in [0.2, 0.25) is 0 Å². The number of hydrogen-bond acceptors (Lipinski definition) is 3. The van der Waals surface area contributed by atoms with Gasteiger partial charge in [0.2, 0.25) is 0 Å². The smallest absolute Gasteiger partial charge is 0.197 e. The highest BCUT2D eigenvalue weighted by Crippen LogP contribution is 2.66. The third-order valence-corrected chi connectivity index (χ3v) is 8.64. The second-order valence-corrected chi connectivity index (χ2v) is 9.70. The Balaban J connectivity index is 1.73. The van der Waals surface area contributed by atoms with Crippen molar-refractivity contribution in [2.24, 2.45) is 34.5 Å². The Morgan fingerprint density at radius 3 is 2.60 bits per heavy atom. The van der Waals surface area contributed by atoms with E-state index in [0.717, 1.165) is 44.1 Å². The number of ketones is 2. The molecule has 3 nitrogen and oxygen atoms in total. The number of alkyl halides is 1. The molecule has 4 rings (SSSR count). The first-order valence-corrected chi connectivity index (χ1v) is 10.4. The molecule has 3 fully saturated rings. The van der Waals surface area contributed by atoms with Crippen molar-refractivity contribution in [3.05, 3.63) is 11.3 Å². The number of allylic oxidation sites excluding steroid dienone is 1. The van der Waals surface area contributed by atoms with Gasteiger partial charge in [0, 0.05) is 24.1 Å². The summed E-state index contributed by atoms with van der Waals surface area (Å²) < 4.78 is 0. The number of Topliss-reactive ketones (excluding diaryl/α,β-unsaturated/α-hetero) is 2. The van der Waals surface area contributed by atoms with Crippen LogP contribution < -0.4 is 0 Å². The zero-order valence-electron chi connectivity index (χ0n) is 15.3. The van der Waals surface area contributed by atoms with Crippen LogP contribution in [0.15, 0.2) is 11.3 Å².